The van der Waals surface area contributed by atoms with E-state index in [2.05, 4.69) is 25.9 Å². The smallest absolute Gasteiger partial charge is 0.344 e. The highest BCUT2D eigenvalue weighted by Crippen LogP contribution is 2.17. The first kappa shape index (κ1) is 16.2. The molecule has 0 radical (unpaired) electrons. The number of carbonyl (C=O) groups is 1. The molecule has 24 heavy (non-hydrogen) atoms. The number of nitrogens with one attached hydrogen (secondary N) is 1. The minimum atomic E-state index is -0.550. The summed E-state index contributed by atoms with van der Waals surface area (Å²) in [4.78, 5) is 30.5. The fraction of sp³-hybridized carbons (Fsp3) is 0.118. The van der Waals surface area contributed by atoms with Gasteiger partial charge in [-0.1, -0.05) is 34.1 Å². The molecule has 0 unspecified atom stereocenters. The molecule has 122 valence electrons. The van der Waals surface area contributed by atoms with Gasteiger partial charge in [0, 0.05) is 4.47 Å². The molecule has 3 aromatic rings. The van der Waals surface area contributed by atoms with Gasteiger partial charge in [-0.25, -0.2) is 9.78 Å². The second-order valence-corrected chi connectivity index (χ2v) is 5.85. The Balaban J connectivity index is 1.59. The van der Waals surface area contributed by atoms with E-state index in [1.165, 1.54) is 0 Å². The van der Waals surface area contributed by atoms with E-state index in [1.54, 1.807) is 42.5 Å². The van der Waals surface area contributed by atoms with Crippen molar-refractivity contribution >= 4 is 32.8 Å². The van der Waals surface area contributed by atoms with Crippen LogP contribution in [0.2, 0.25) is 0 Å². The average molecular weight is 389 g/mol. The third-order valence-electron chi connectivity index (χ3n) is 3.18. The number of esters is 1. The van der Waals surface area contributed by atoms with Gasteiger partial charge < -0.3 is 14.5 Å². The monoisotopic (exact) mass is 388 g/mol. The summed E-state index contributed by atoms with van der Waals surface area (Å²) in [5.41, 5.74) is 0.287. The van der Waals surface area contributed by atoms with Gasteiger partial charge in [0.05, 0.1) is 10.9 Å². The Hall–Kier alpha value is -2.67. The second-order valence-electron chi connectivity index (χ2n) is 4.94. The standard InChI is InChI=1S/C17H13BrN2O4/c18-11-4-3-5-12(8-11)23-10-16(21)24-9-15-19-14-7-2-1-6-13(14)17(22)20-15/h1-8H,9-10H2,(H,19,20,22). The summed E-state index contributed by atoms with van der Waals surface area (Å²) >= 11 is 3.32. The number of fused-ring (bicyclic) bond motifs is 1. The molecule has 0 atom stereocenters. The molecule has 1 aromatic heterocycles. The quantitative estimate of drug-likeness (QED) is 0.679. The molecule has 3 rings (SSSR count). The van der Waals surface area contributed by atoms with E-state index < -0.39 is 5.97 Å². The van der Waals surface area contributed by atoms with Gasteiger partial charge in [-0.15, -0.1) is 0 Å². The number of nitrogens with zero attached hydrogens (tertiary/aromatic N) is 1. The van der Waals surface area contributed by atoms with Crippen molar-refractivity contribution in [3.8, 4) is 5.75 Å². The van der Waals surface area contributed by atoms with Crippen LogP contribution in [0.15, 0.2) is 57.8 Å². The molecule has 0 bridgehead atoms. The molecule has 0 saturated heterocycles. The highest BCUT2D eigenvalue weighted by atomic mass is 79.9. The molecule has 7 heteroatoms. The van der Waals surface area contributed by atoms with Gasteiger partial charge >= 0.3 is 5.97 Å². The van der Waals surface area contributed by atoms with E-state index in [4.69, 9.17) is 9.47 Å². The van der Waals surface area contributed by atoms with Crippen molar-refractivity contribution in [2.75, 3.05) is 6.61 Å². The fourth-order valence-corrected chi connectivity index (χ4v) is 2.47. The molecular formula is C17H13BrN2O4. The Morgan fingerprint density at radius 2 is 2.00 bits per heavy atom. The average Bonchev–Trinajstić information content (AvgIpc) is 2.58. The van der Waals surface area contributed by atoms with Crippen molar-refractivity contribution < 1.29 is 14.3 Å². The van der Waals surface area contributed by atoms with Gasteiger partial charge in [-0.05, 0) is 30.3 Å². The molecule has 0 aliphatic rings. The van der Waals surface area contributed by atoms with Crippen molar-refractivity contribution in [2.24, 2.45) is 0 Å². The number of para-hydroxylation sites is 1. The minimum absolute atomic E-state index is 0.124. The van der Waals surface area contributed by atoms with Crippen LogP contribution in [0.4, 0.5) is 0 Å². The third kappa shape index (κ3) is 3.99. The lowest BCUT2D eigenvalue weighted by Crippen LogP contribution is -2.18. The fourth-order valence-electron chi connectivity index (χ4n) is 2.09. The number of aromatic amines is 1. The normalized spacial score (nSPS) is 10.5. The number of hydrogen-bond acceptors (Lipinski definition) is 5. The number of halogens is 1. The lowest BCUT2D eigenvalue weighted by Gasteiger charge is -2.07. The van der Waals surface area contributed by atoms with E-state index in [0.717, 1.165) is 4.47 Å². The van der Waals surface area contributed by atoms with Crippen molar-refractivity contribution in [2.45, 2.75) is 6.61 Å². The van der Waals surface area contributed by atoms with Crippen LogP contribution in [0.25, 0.3) is 10.9 Å². The van der Waals surface area contributed by atoms with E-state index in [9.17, 15) is 9.59 Å². The van der Waals surface area contributed by atoms with Gasteiger partial charge in [-0.3, -0.25) is 4.79 Å². The Morgan fingerprint density at radius 1 is 1.17 bits per heavy atom. The lowest BCUT2D eigenvalue weighted by atomic mass is 10.2. The van der Waals surface area contributed by atoms with Crippen molar-refractivity contribution in [1.29, 1.82) is 0 Å². The zero-order valence-electron chi connectivity index (χ0n) is 12.5. The maximum absolute atomic E-state index is 11.9. The van der Waals surface area contributed by atoms with Gasteiger partial charge in [0.15, 0.2) is 6.61 Å². The van der Waals surface area contributed by atoms with Crippen LogP contribution in [-0.4, -0.2) is 22.5 Å². The first-order valence-corrected chi connectivity index (χ1v) is 7.93. The van der Waals surface area contributed by atoms with E-state index in [-0.39, 0.29) is 24.6 Å². The molecule has 6 nitrogen and oxygen atoms in total. The van der Waals surface area contributed by atoms with E-state index in [1.807, 2.05) is 6.07 Å². The molecule has 0 aliphatic heterocycles. The minimum Gasteiger partial charge on any atom is -0.482 e. The summed E-state index contributed by atoms with van der Waals surface area (Å²) in [6.07, 6.45) is 0. The zero-order valence-corrected chi connectivity index (χ0v) is 14.1. The summed E-state index contributed by atoms with van der Waals surface area (Å²) in [6, 6.07) is 14.1. The van der Waals surface area contributed by atoms with Crippen LogP contribution < -0.4 is 10.3 Å². The summed E-state index contributed by atoms with van der Waals surface area (Å²) < 4.78 is 11.3. The van der Waals surface area contributed by atoms with Gasteiger partial charge in [0.25, 0.3) is 5.56 Å². The highest BCUT2D eigenvalue weighted by Gasteiger charge is 2.08. The van der Waals surface area contributed by atoms with Gasteiger partial charge in [0.1, 0.15) is 18.2 Å². The summed E-state index contributed by atoms with van der Waals surface area (Å²) in [7, 11) is 0. The second kappa shape index (κ2) is 7.27. The van der Waals surface area contributed by atoms with Crippen LogP contribution in [0.5, 0.6) is 5.75 Å². The van der Waals surface area contributed by atoms with Crippen LogP contribution in [-0.2, 0) is 16.1 Å². The van der Waals surface area contributed by atoms with Crippen LogP contribution in [0.3, 0.4) is 0 Å². The molecular weight excluding hydrogens is 376 g/mol. The SMILES string of the molecule is O=C(COc1cccc(Br)c1)OCc1nc2ccccc2c(=O)[nH]1. The Kier molecular flexibility index (Phi) is 4.90. The van der Waals surface area contributed by atoms with Crippen molar-refractivity contribution in [3.05, 3.63) is 69.2 Å². The van der Waals surface area contributed by atoms with Gasteiger partial charge in [-0.2, -0.15) is 0 Å². The maximum atomic E-state index is 11.9. The lowest BCUT2D eigenvalue weighted by molar-refractivity contribution is -0.147. The zero-order chi connectivity index (χ0) is 16.9. The van der Waals surface area contributed by atoms with Crippen LogP contribution in [0.1, 0.15) is 5.82 Å². The first-order valence-electron chi connectivity index (χ1n) is 7.14. The molecule has 0 saturated carbocycles. The Labute approximate surface area is 145 Å². The predicted octanol–water partition coefficient (Wildman–Crippen LogP) is 2.81. The molecule has 1 N–H and O–H groups in total. The summed E-state index contributed by atoms with van der Waals surface area (Å²) in [5.74, 6) is 0.291. The van der Waals surface area contributed by atoms with Crippen LogP contribution in [0, 0.1) is 0 Å². The van der Waals surface area contributed by atoms with E-state index >= 15 is 0 Å². The van der Waals surface area contributed by atoms with E-state index in [0.29, 0.717) is 16.7 Å². The predicted molar refractivity (Wildman–Crippen MR) is 91.8 cm³/mol. The number of ether oxygens (including phenoxy) is 2. The third-order valence-corrected chi connectivity index (χ3v) is 3.68. The Bertz CT molecular complexity index is 939. The number of aromatic nitrogens is 2. The van der Waals surface area contributed by atoms with Crippen LogP contribution >= 0.6 is 15.9 Å². The largest absolute Gasteiger partial charge is 0.482 e. The molecule has 2 aromatic carbocycles. The van der Waals surface area contributed by atoms with Crippen molar-refractivity contribution in [1.82, 2.24) is 9.97 Å². The topological polar surface area (TPSA) is 81.3 Å². The highest BCUT2D eigenvalue weighted by molar-refractivity contribution is 9.10. The number of rotatable bonds is 5. The summed E-state index contributed by atoms with van der Waals surface area (Å²) in [5, 5.41) is 0.491. The number of carbonyl (C=O) groups excluding carboxylic acids is 1. The molecule has 0 spiro atoms. The molecule has 0 fully saturated rings. The number of hydrogen-bond donors (Lipinski definition) is 1. The van der Waals surface area contributed by atoms with Gasteiger partial charge in [0.2, 0.25) is 0 Å². The number of benzene rings is 2. The number of H-pyrrole nitrogens is 1. The Morgan fingerprint density at radius 3 is 2.83 bits per heavy atom. The summed E-state index contributed by atoms with van der Waals surface area (Å²) in [6.45, 7) is -0.352. The first-order chi connectivity index (χ1) is 11.6. The molecule has 0 aliphatic carbocycles. The maximum Gasteiger partial charge on any atom is 0.344 e. The van der Waals surface area contributed by atoms with Crippen molar-refractivity contribution in [3.63, 3.8) is 0 Å². The molecule has 0 amide bonds. The molecule has 1 heterocycles.